The van der Waals surface area contributed by atoms with E-state index in [0.717, 1.165) is 0 Å². The fraction of sp³-hybridized carbons (Fsp3) is 0.348. The Hall–Kier alpha value is -3.28. The van der Waals surface area contributed by atoms with Gasteiger partial charge in [0.2, 0.25) is 0 Å². The minimum absolute atomic E-state index is 0.187. The van der Waals surface area contributed by atoms with Gasteiger partial charge in [-0.1, -0.05) is 12.1 Å². The summed E-state index contributed by atoms with van der Waals surface area (Å²) in [5.74, 6) is -1.80. The normalized spacial score (nSPS) is 16.4. The van der Waals surface area contributed by atoms with Crippen molar-refractivity contribution in [1.29, 1.82) is 0 Å². The Labute approximate surface area is 196 Å². The Morgan fingerprint density at radius 2 is 1.62 bits per heavy atom. The van der Waals surface area contributed by atoms with E-state index < -0.39 is 21.8 Å². The third-order valence-electron chi connectivity index (χ3n) is 5.78. The van der Waals surface area contributed by atoms with Gasteiger partial charge in [-0.05, 0) is 55.7 Å². The molecule has 11 heteroatoms. The van der Waals surface area contributed by atoms with Crippen LogP contribution in [-0.2, 0) is 19.6 Å². The van der Waals surface area contributed by atoms with Crippen molar-refractivity contribution in [2.45, 2.75) is 24.2 Å². The van der Waals surface area contributed by atoms with Crippen LogP contribution < -0.4 is 4.74 Å². The molecule has 0 aliphatic carbocycles. The molecule has 0 atom stereocenters. The van der Waals surface area contributed by atoms with Gasteiger partial charge in [0, 0.05) is 25.7 Å². The molecule has 4 rings (SSSR count). The molecule has 3 amide bonds. The summed E-state index contributed by atoms with van der Waals surface area (Å²) in [6.07, 6.45) is 1.08. The molecule has 0 radical (unpaired) electrons. The maximum Gasteiger partial charge on any atom is 0.289 e. The number of hydrogen-bond acceptors (Lipinski definition) is 8. The predicted octanol–water partition coefficient (Wildman–Crippen LogP) is 2.08. The van der Waals surface area contributed by atoms with Gasteiger partial charge in [0.05, 0.1) is 22.6 Å². The van der Waals surface area contributed by atoms with Crippen LogP contribution in [0, 0.1) is 5.92 Å². The molecule has 34 heavy (non-hydrogen) atoms. The van der Waals surface area contributed by atoms with E-state index >= 15 is 0 Å². The van der Waals surface area contributed by atoms with Crippen molar-refractivity contribution < 1.29 is 37.5 Å². The van der Waals surface area contributed by atoms with E-state index in [4.69, 9.17) is 9.47 Å². The lowest BCUT2D eigenvalue weighted by Crippen LogP contribution is -2.40. The zero-order valence-corrected chi connectivity index (χ0v) is 19.1. The summed E-state index contributed by atoms with van der Waals surface area (Å²) in [6, 6.07) is 11.9. The van der Waals surface area contributed by atoms with Crippen LogP contribution in [0.2, 0.25) is 0 Å². The molecule has 2 heterocycles. The van der Waals surface area contributed by atoms with Crippen LogP contribution in [0.3, 0.4) is 0 Å². The molecule has 10 nitrogen and oxygen atoms in total. The zero-order valence-electron chi connectivity index (χ0n) is 18.3. The summed E-state index contributed by atoms with van der Waals surface area (Å²) < 4.78 is 35.8. The van der Waals surface area contributed by atoms with E-state index in [-0.39, 0.29) is 34.3 Å². The molecule has 2 aliphatic rings. The third kappa shape index (κ3) is 4.67. The number of carbonyl (C=O) groups is 3. The average molecular weight is 489 g/mol. The second-order valence-corrected chi connectivity index (χ2v) is 9.72. The molecule has 2 aromatic rings. The first kappa shape index (κ1) is 23.9. The molecule has 0 aromatic heterocycles. The van der Waals surface area contributed by atoms with E-state index in [1.807, 2.05) is 0 Å². The standard InChI is InChI=1S/C23H24N2O8S/c26-21(16-10-14-32-15-11-16)25(29)34(30,31)18-8-6-17(7-9-18)33-13-3-12-24-22(27)19-4-1-2-5-20(19)23(24)28/h1-2,4-9,16,29H,3,10-15H2. The number of imide groups is 1. The minimum atomic E-state index is -4.42. The van der Waals surface area contributed by atoms with Crippen molar-refractivity contribution in [2.24, 2.45) is 5.92 Å². The average Bonchev–Trinajstić information content (AvgIpc) is 3.11. The molecule has 180 valence electrons. The van der Waals surface area contributed by atoms with E-state index in [9.17, 15) is 28.0 Å². The number of amides is 3. The lowest BCUT2D eigenvalue weighted by Gasteiger charge is -2.24. The SMILES string of the molecule is O=C1c2ccccc2C(=O)N1CCCOc1ccc(S(=O)(=O)N(O)C(=O)C2CCOCC2)cc1. The van der Waals surface area contributed by atoms with Crippen LogP contribution in [-0.4, -0.2) is 67.1 Å². The van der Waals surface area contributed by atoms with E-state index in [1.165, 1.54) is 29.2 Å². The summed E-state index contributed by atoms with van der Waals surface area (Å²) in [6.45, 7) is 1.05. The van der Waals surface area contributed by atoms with Crippen molar-refractivity contribution in [3.63, 3.8) is 0 Å². The largest absolute Gasteiger partial charge is 0.494 e. The maximum atomic E-state index is 12.6. The van der Waals surface area contributed by atoms with Crippen LogP contribution in [0.15, 0.2) is 53.4 Å². The van der Waals surface area contributed by atoms with Gasteiger partial charge in [-0.25, -0.2) is 0 Å². The number of ether oxygens (including phenoxy) is 2. The Bertz CT molecular complexity index is 1150. The molecule has 0 unspecified atom stereocenters. The topological polar surface area (TPSA) is 131 Å². The zero-order chi connectivity index (χ0) is 24.3. The number of sulfonamides is 1. The Morgan fingerprint density at radius 3 is 2.21 bits per heavy atom. The molecular formula is C23H24N2O8S. The summed E-state index contributed by atoms with van der Waals surface area (Å²) in [4.78, 5) is 38.0. The maximum absolute atomic E-state index is 12.6. The van der Waals surface area contributed by atoms with Crippen LogP contribution in [0.5, 0.6) is 5.75 Å². The van der Waals surface area contributed by atoms with Gasteiger partial charge >= 0.3 is 0 Å². The van der Waals surface area contributed by atoms with Crippen LogP contribution in [0.1, 0.15) is 40.0 Å². The fourth-order valence-electron chi connectivity index (χ4n) is 3.88. The Morgan fingerprint density at radius 1 is 1.03 bits per heavy atom. The summed E-state index contributed by atoms with van der Waals surface area (Å²) in [5.41, 5.74) is 0.775. The van der Waals surface area contributed by atoms with Crippen LogP contribution in [0.4, 0.5) is 0 Å². The molecule has 2 aliphatic heterocycles. The number of hydroxylamine groups is 1. The van der Waals surface area contributed by atoms with Crippen LogP contribution >= 0.6 is 0 Å². The number of nitrogens with zero attached hydrogens (tertiary/aromatic N) is 2. The highest BCUT2D eigenvalue weighted by molar-refractivity contribution is 7.89. The molecule has 0 spiro atoms. The molecule has 0 saturated carbocycles. The van der Waals surface area contributed by atoms with Crippen molar-refractivity contribution in [2.75, 3.05) is 26.4 Å². The second-order valence-electron chi connectivity index (χ2n) is 7.95. The minimum Gasteiger partial charge on any atom is -0.494 e. The quantitative estimate of drug-likeness (QED) is 0.259. The van der Waals surface area contributed by atoms with Crippen molar-refractivity contribution in [3.05, 3.63) is 59.7 Å². The van der Waals surface area contributed by atoms with Crippen LogP contribution in [0.25, 0.3) is 0 Å². The first-order valence-corrected chi connectivity index (χ1v) is 12.3. The van der Waals surface area contributed by atoms with Gasteiger partial charge in [-0.15, -0.1) is 4.47 Å². The highest BCUT2D eigenvalue weighted by Gasteiger charge is 2.35. The highest BCUT2D eigenvalue weighted by Crippen LogP contribution is 2.24. The smallest absolute Gasteiger partial charge is 0.289 e. The van der Waals surface area contributed by atoms with Crippen molar-refractivity contribution >= 4 is 27.7 Å². The van der Waals surface area contributed by atoms with Gasteiger partial charge in [-0.2, -0.15) is 8.42 Å². The number of benzene rings is 2. The van der Waals surface area contributed by atoms with Crippen molar-refractivity contribution in [1.82, 2.24) is 9.37 Å². The number of hydrogen-bond donors (Lipinski definition) is 1. The first-order chi connectivity index (χ1) is 16.3. The summed E-state index contributed by atoms with van der Waals surface area (Å²) >= 11 is 0. The summed E-state index contributed by atoms with van der Waals surface area (Å²) in [7, 11) is -4.42. The molecule has 1 N–H and O–H groups in total. The van der Waals surface area contributed by atoms with E-state index in [2.05, 4.69) is 0 Å². The van der Waals surface area contributed by atoms with Gasteiger partial charge < -0.3 is 9.47 Å². The molecular weight excluding hydrogens is 464 g/mol. The Balaban J connectivity index is 1.29. The number of rotatable bonds is 8. The second kappa shape index (κ2) is 9.92. The van der Waals surface area contributed by atoms with E-state index in [0.29, 0.717) is 49.4 Å². The van der Waals surface area contributed by atoms with Gasteiger partial charge in [0.15, 0.2) is 0 Å². The van der Waals surface area contributed by atoms with Gasteiger partial charge in [0.25, 0.3) is 27.7 Å². The third-order valence-corrected chi connectivity index (χ3v) is 7.28. The number of fused-ring (bicyclic) bond motifs is 1. The number of carbonyl (C=O) groups excluding carboxylic acids is 3. The van der Waals surface area contributed by atoms with Gasteiger partial charge in [-0.3, -0.25) is 24.5 Å². The first-order valence-electron chi connectivity index (χ1n) is 10.8. The molecule has 0 bridgehead atoms. The monoisotopic (exact) mass is 488 g/mol. The fourth-order valence-corrected chi connectivity index (χ4v) is 4.95. The molecule has 2 aromatic carbocycles. The van der Waals surface area contributed by atoms with Crippen molar-refractivity contribution in [3.8, 4) is 5.75 Å². The Kier molecular flexibility index (Phi) is 6.96. The lowest BCUT2D eigenvalue weighted by molar-refractivity contribution is -0.153. The molecule has 1 saturated heterocycles. The predicted molar refractivity (Wildman–Crippen MR) is 118 cm³/mol. The lowest BCUT2D eigenvalue weighted by atomic mass is 10.00. The molecule has 1 fully saturated rings. The highest BCUT2D eigenvalue weighted by atomic mass is 32.2. The summed E-state index contributed by atoms with van der Waals surface area (Å²) in [5, 5.41) is 10.1. The van der Waals surface area contributed by atoms with E-state index in [1.54, 1.807) is 24.3 Å². The van der Waals surface area contributed by atoms with Gasteiger partial charge in [0.1, 0.15) is 5.75 Å².